The predicted molar refractivity (Wildman–Crippen MR) is 74.0 cm³/mol. The number of pyridine rings is 1. The Labute approximate surface area is 118 Å². The second-order valence-electron chi connectivity index (χ2n) is 4.70. The highest BCUT2D eigenvalue weighted by Crippen LogP contribution is 2.22. The maximum absolute atomic E-state index is 12.6. The number of anilines is 1. The first-order valence-corrected chi connectivity index (χ1v) is 7.81. The van der Waals surface area contributed by atoms with Crippen LogP contribution in [0.15, 0.2) is 23.2 Å². The van der Waals surface area contributed by atoms with Crippen molar-refractivity contribution in [3.63, 3.8) is 0 Å². The number of nitrogens with zero attached hydrogens (tertiary/aromatic N) is 2. The smallest absolute Gasteiger partial charge is 0.243 e. The second kappa shape index (κ2) is 6.04. The molecule has 2 N–H and O–H groups in total. The highest BCUT2D eigenvalue weighted by atomic mass is 32.2. The Balaban J connectivity index is 2.29. The van der Waals surface area contributed by atoms with Gasteiger partial charge in [-0.1, -0.05) is 0 Å². The lowest BCUT2D eigenvalue weighted by Gasteiger charge is -2.35. The molecule has 8 heteroatoms. The summed E-state index contributed by atoms with van der Waals surface area (Å²) in [5.74, 6) is 0.492. The van der Waals surface area contributed by atoms with Crippen LogP contribution in [0, 0.1) is 0 Å². The molecule has 112 valence electrons. The highest BCUT2D eigenvalue weighted by Gasteiger charge is 2.33. The zero-order chi connectivity index (χ0) is 14.8. The summed E-state index contributed by atoms with van der Waals surface area (Å²) in [5.41, 5.74) is 0. The summed E-state index contributed by atoms with van der Waals surface area (Å²) in [6.45, 7) is 2.01. The number of aliphatic hydroxyl groups is 1. The molecule has 0 bridgehead atoms. The Morgan fingerprint density at radius 3 is 2.95 bits per heavy atom. The van der Waals surface area contributed by atoms with Crippen LogP contribution < -0.4 is 5.32 Å². The van der Waals surface area contributed by atoms with Crippen molar-refractivity contribution in [2.75, 3.05) is 32.1 Å². The van der Waals surface area contributed by atoms with Gasteiger partial charge in [0.15, 0.2) is 0 Å². The van der Waals surface area contributed by atoms with Gasteiger partial charge in [0.2, 0.25) is 10.0 Å². The number of aromatic nitrogens is 1. The molecule has 1 saturated heterocycles. The van der Waals surface area contributed by atoms with E-state index in [1.54, 1.807) is 14.0 Å². The Kier molecular flexibility index (Phi) is 4.59. The van der Waals surface area contributed by atoms with E-state index in [1.165, 1.54) is 22.6 Å². The Morgan fingerprint density at radius 1 is 1.55 bits per heavy atom. The van der Waals surface area contributed by atoms with Crippen molar-refractivity contribution < 1.29 is 18.3 Å². The van der Waals surface area contributed by atoms with E-state index in [9.17, 15) is 13.5 Å². The molecule has 2 rings (SSSR count). The fourth-order valence-electron chi connectivity index (χ4n) is 2.16. The minimum Gasteiger partial charge on any atom is -0.394 e. The fraction of sp³-hybridized carbons (Fsp3) is 0.583. The van der Waals surface area contributed by atoms with Crippen LogP contribution in [0.1, 0.15) is 6.92 Å². The topological polar surface area (TPSA) is 91.8 Å². The van der Waals surface area contributed by atoms with E-state index in [1.807, 2.05) is 0 Å². The molecule has 7 nitrogen and oxygen atoms in total. The minimum atomic E-state index is -3.61. The summed E-state index contributed by atoms with van der Waals surface area (Å²) in [7, 11) is -1.93. The largest absolute Gasteiger partial charge is 0.394 e. The number of hydrogen-bond acceptors (Lipinski definition) is 6. The molecular weight excluding hydrogens is 282 g/mol. The second-order valence-corrected chi connectivity index (χ2v) is 6.64. The van der Waals surface area contributed by atoms with E-state index in [4.69, 9.17) is 4.74 Å². The van der Waals surface area contributed by atoms with E-state index < -0.39 is 16.1 Å². The van der Waals surface area contributed by atoms with Crippen LogP contribution in [-0.4, -0.2) is 61.8 Å². The van der Waals surface area contributed by atoms with Crippen LogP contribution in [0.2, 0.25) is 0 Å². The maximum Gasteiger partial charge on any atom is 0.243 e. The summed E-state index contributed by atoms with van der Waals surface area (Å²) < 4.78 is 32.0. The third-order valence-corrected chi connectivity index (χ3v) is 4.95. The monoisotopic (exact) mass is 301 g/mol. The van der Waals surface area contributed by atoms with Crippen molar-refractivity contribution in [2.24, 2.45) is 0 Å². The molecule has 0 aliphatic carbocycles. The first kappa shape index (κ1) is 15.2. The van der Waals surface area contributed by atoms with Gasteiger partial charge in [0.1, 0.15) is 5.82 Å². The SMILES string of the molecule is CNc1cc(S(=O)(=O)N2CC(C)OC(CO)C2)ccn1. The maximum atomic E-state index is 12.6. The zero-order valence-electron chi connectivity index (χ0n) is 11.5. The lowest BCUT2D eigenvalue weighted by atomic mass is 10.2. The molecule has 1 aromatic rings. The predicted octanol–water partition coefficient (Wildman–Crippen LogP) is -0.106. The summed E-state index contributed by atoms with van der Waals surface area (Å²) in [6, 6.07) is 2.95. The average Bonchev–Trinajstić information content (AvgIpc) is 2.46. The number of sulfonamides is 1. The molecule has 0 spiro atoms. The molecule has 2 unspecified atom stereocenters. The lowest BCUT2D eigenvalue weighted by molar-refractivity contribution is -0.0750. The van der Waals surface area contributed by atoms with Gasteiger partial charge in [-0.3, -0.25) is 0 Å². The molecule has 0 amide bonds. The van der Waals surface area contributed by atoms with Crippen molar-refractivity contribution >= 4 is 15.8 Å². The molecule has 0 saturated carbocycles. The van der Waals surface area contributed by atoms with Crippen LogP contribution in [0.3, 0.4) is 0 Å². The molecule has 2 atom stereocenters. The molecule has 2 heterocycles. The van der Waals surface area contributed by atoms with Gasteiger partial charge >= 0.3 is 0 Å². The van der Waals surface area contributed by atoms with Crippen LogP contribution in [0.4, 0.5) is 5.82 Å². The number of aliphatic hydroxyl groups excluding tert-OH is 1. The van der Waals surface area contributed by atoms with Gasteiger partial charge < -0.3 is 15.2 Å². The van der Waals surface area contributed by atoms with Crippen LogP contribution >= 0.6 is 0 Å². The molecule has 1 aliphatic rings. The molecule has 0 aromatic carbocycles. The van der Waals surface area contributed by atoms with Gasteiger partial charge in [0.05, 0.1) is 23.7 Å². The van der Waals surface area contributed by atoms with Crippen LogP contribution in [0.25, 0.3) is 0 Å². The number of nitrogens with one attached hydrogen (secondary N) is 1. The Bertz CT molecular complexity index is 564. The third-order valence-electron chi connectivity index (χ3n) is 3.12. The summed E-state index contributed by atoms with van der Waals surface area (Å²) in [4.78, 5) is 4.19. The molecule has 0 radical (unpaired) electrons. The summed E-state index contributed by atoms with van der Waals surface area (Å²) in [5, 5.41) is 12.0. The Morgan fingerprint density at radius 2 is 2.30 bits per heavy atom. The third kappa shape index (κ3) is 3.09. The van der Waals surface area contributed by atoms with Crippen molar-refractivity contribution in [3.8, 4) is 0 Å². The van der Waals surface area contributed by atoms with Crippen LogP contribution in [0.5, 0.6) is 0 Å². The molecule has 20 heavy (non-hydrogen) atoms. The van der Waals surface area contributed by atoms with Crippen molar-refractivity contribution in [3.05, 3.63) is 18.3 Å². The number of ether oxygens (including phenoxy) is 1. The first-order valence-electron chi connectivity index (χ1n) is 6.37. The average molecular weight is 301 g/mol. The van der Waals surface area contributed by atoms with E-state index in [0.717, 1.165) is 0 Å². The van der Waals surface area contributed by atoms with Gasteiger partial charge in [-0.25, -0.2) is 13.4 Å². The molecular formula is C12H19N3O4S. The summed E-state index contributed by atoms with van der Waals surface area (Å²) >= 11 is 0. The minimum absolute atomic E-state index is 0.153. The molecule has 1 aliphatic heterocycles. The summed E-state index contributed by atoms with van der Waals surface area (Å²) in [6.07, 6.45) is 0.715. The van der Waals surface area contributed by atoms with E-state index >= 15 is 0 Å². The van der Waals surface area contributed by atoms with Crippen LogP contribution in [-0.2, 0) is 14.8 Å². The molecule has 1 aromatic heterocycles. The number of morpholine rings is 1. The van der Waals surface area contributed by atoms with Gasteiger partial charge in [-0.05, 0) is 13.0 Å². The molecule has 1 fully saturated rings. The quantitative estimate of drug-likeness (QED) is 0.806. The first-order chi connectivity index (χ1) is 9.47. The van der Waals surface area contributed by atoms with Gasteiger partial charge in [-0.15, -0.1) is 0 Å². The number of rotatable bonds is 4. The van der Waals surface area contributed by atoms with Crippen molar-refractivity contribution in [1.82, 2.24) is 9.29 Å². The number of hydrogen-bond donors (Lipinski definition) is 2. The van der Waals surface area contributed by atoms with Crippen molar-refractivity contribution in [1.29, 1.82) is 0 Å². The van der Waals surface area contributed by atoms with Gasteiger partial charge in [-0.2, -0.15) is 4.31 Å². The van der Waals surface area contributed by atoms with Gasteiger partial charge in [0.25, 0.3) is 0 Å². The standard InChI is InChI=1S/C12H19N3O4S/c1-9-6-15(7-10(8-16)19-9)20(17,18)11-3-4-14-12(5-11)13-2/h3-5,9-10,16H,6-8H2,1-2H3,(H,13,14). The van der Waals surface area contributed by atoms with Crippen molar-refractivity contribution in [2.45, 2.75) is 24.0 Å². The van der Waals surface area contributed by atoms with Gasteiger partial charge in [0, 0.05) is 32.4 Å². The highest BCUT2D eigenvalue weighted by molar-refractivity contribution is 7.89. The van der Waals surface area contributed by atoms with E-state index in [-0.39, 0.29) is 30.7 Å². The Hall–Kier alpha value is -1.22. The van der Waals surface area contributed by atoms with E-state index in [2.05, 4.69) is 10.3 Å². The van der Waals surface area contributed by atoms with E-state index in [0.29, 0.717) is 5.82 Å². The lowest BCUT2D eigenvalue weighted by Crippen LogP contribution is -2.50. The normalized spacial score (nSPS) is 24.6. The zero-order valence-corrected chi connectivity index (χ0v) is 12.3. The fourth-order valence-corrected chi connectivity index (χ4v) is 3.72.